The maximum atomic E-state index is 12.4. The summed E-state index contributed by atoms with van der Waals surface area (Å²) in [6.07, 6.45) is 1.60. The van der Waals surface area contributed by atoms with E-state index in [0.717, 1.165) is 5.56 Å². The maximum absolute atomic E-state index is 12.4. The zero-order valence-corrected chi connectivity index (χ0v) is 13.9. The summed E-state index contributed by atoms with van der Waals surface area (Å²) in [7, 11) is 2.96. The molecule has 128 valence electrons. The van der Waals surface area contributed by atoms with Crippen LogP contribution in [0.15, 0.2) is 59.1 Å². The Hall–Kier alpha value is -3.28. The van der Waals surface area contributed by atoms with Gasteiger partial charge in [0.15, 0.2) is 12.4 Å². The first-order valence-electron chi connectivity index (χ1n) is 7.61. The third-order valence-corrected chi connectivity index (χ3v) is 3.57. The lowest BCUT2D eigenvalue weighted by Crippen LogP contribution is -2.09. The van der Waals surface area contributed by atoms with Gasteiger partial charge in [-0.3, -0.25) is 0 Å². The quantitative estimate of drug-likeness (QED) is 0.638. The third kappa shape index (κ3) is 3.63. The van der Waals surface area contributed by atoms with Gasteiger partial charge in [0.25, 0.3) is 0 Å². The minimum Gasteiger partial charge on any atom is -0.496 e. The monoisotopic (exact) mass is 339 g/mol. The number of nitrogens with zero attached hydrogens (tertiary/aromatic N) is 1. The minimum atomic E-state index is -0.575. The summed E-state index contributed by atoms with van der Waals surface area (Å²) in [5, 5.41) is 0. The fourth-order valence-corrected chi connectivity index (χ4v) is 2.36. The van der Waals surface area contributed by atoms with Crippen LogP contribution in [-0.4, -0.2) is 25.2 Å². The van der Waals surface area contributed by atoms with Crippen molar-refractivity contribution in [3.8, 4) is 22.8 Å². The Morgan fingerprint density at radius 2 is 1.68 bits per heavy atom. The van der Waals surface area contributed by atoms with Crippen molar-refractivity contribution in [1.82, 2.24) is 4.98 Å². The number of rotatable bonds is 6. The first-order valence-corrected chi connectivity index (χ1v) is 7.61. The van der Waals surface area contributed by atoms with Crippen molar-refractivity contribution >= 4 is 5.97 Å². The van der Waals surface area contributed by atoms with Crippen LogP contribution in [0.2, 0.25) is 0 Å². The van der Waals surface area contributed by atoms with Gasteiger partial charge in [0.1, 0.15) is 17.1 Å². The van der Waals surface area contributed by atoms with Crippen LogP contribution in [0.1, 0.15) is 16.2 Å². The second-order valence-electron chi connectivity index (χ2n) is 5.10. The van der Waals surface area contributed by atoms with E-state index in [1.807, 2.05) is 30.3 Å². The van der Waals surface area contributed by atoms with E-state index in [1.165, 1.54) is 14.2 Å². The number of hydrogen-bond donors (Lipinski definition) is 0. The Kier molecular flexibility index (Phi) is 4.99. The number of ether oxygens (including phenoxy) is 3. The summed E-state index contributed by atoms with van der Waals surface area (Å²) in [6.45, 7) is -0.0904. The molecule has 3 aromatic rings. The van der Waals surface area contributed by atoms with Crippen LogP contribution in [0, 0.1) is 0 Å². The molecule has 0 aliphatic rings. The molecule has 0 unspecified atom stereocenters. The van der Waals surface area contributed by atoms with Gasteiger partial charge in [-0.1, -0.05) is 36.4 Å². The number of esters is 1. The van der Waals surface area contributed by atoms with Gasteiger partial charge >= 0.3 is 5.97 Å². The van der Waals surface area contributed by atoms with Gasteiger partial charge < -0.3 is 18.6 Å². The van der Waals surface area contributed by atoms with Crippen molar-refractivity contribution in [3.63, 3.8) is 0 Å². The average molecular weight is 339 g/mol. The van der Waals surface area contributed by atoms with Crippen molar-refractivity contribution in [2.75, 3.05) is 14.2 Å². The van der Waals surface area contributed by atoms with Crippen LogP contribution in [0.4, 0.5) is 0 Å². The summed E-state index contributed by atoms with van der Waals surface area (Å²) in [5.41, 5.74) is 1.13. The number of oxazole rings is 1. The summed E-state index contributed by atoms with van der Waals surface area (Å²) in [4.78, 5) is 16.5. The fraction of sp³-hybridized carbons (Fsp3) is 0.158. The Bertz CT molecular complexity index is 835. The van der Waals surface area contributed by atoms with Crippen LogP contribution < -0.4 is 9.47 Å². The predicted molar refractivity (Wildman–Crippen MR) is 90.6 cm³/mol. The predicted octanol–water partition coefficient (Wildman–Crippen LogP) is 3.72. The van der Waals surface area contributed by atoms with Crippen LogP contribution in [0.3, 0.4) is 0 Å². The van der Waals surface area contributed by atoms with E-state index in [1.54, 1.807) is 24.4 Å². The first-order chi connectivity index (χ1) is 12.2. The molecule has 1 aromatic heterocycles. The van der Waals surface area contributed by atoms with Gasteiger partial charge in [-0.15, -0.1) is 0 Å². The summed E-state index contributed by atoms with van der Waals surface area (Å²) >= 11 is 0. The Balaban J connectivity index is 1.72. The van der Waals surface area contributed by atoms with Gasteiger partial charge in [0.2, 0.25) is 5.89 Å². The molecule has 0 aliphatic heterocycles. The molecule has 0 spiro atoms. The van der Waals surface area contributed by atoms with E-state index >= 15 is 0 Å². The van der Waals surface area contributed by atoms with Crippen molar-refractivity contribution in [1.29, 1.82) is 0 Å². The fourth-order valence-electron chi connectivity index (χ4n) is 2.36. The van der Waals surface area contributed by atoms with Crippen LogP contribution in [0.25, 0.3) is 11.3 Å². The van der Waals surface area contributed by atoms with Crippen LogP contribution in [-0.2, 0) is 11.3 Å². The van der Waals surface area contributed by atoms with E-state index < -0.39 is 5.97 Å². The summed E-state index contributed by atoms with van der Waals surface area (Å²) in [5.74, 6) is 1.10. The largest absolute Gasteiger partial charge is 0.496 e. The van der Waals surface area contributed by atoms with Crippen molar-refractivity contribution < 1.29 is 23.4 Å². The smallest absolute Gasteiger partial charge is 0.346 e. The standard InChI is InChI=1S/C19H17NO5/c1-22-14-9-6-10-15(23-2)18(14)19(21)24-12-17-20-11-16(25-17)13-7-4-3-5-8-13/h3-11H,12H2,1-2H3. The van der Waals surface area contributed by atoms with E-state index in [0.29, 0.717) is 23.1 Å². The molecule has 0 saturated carbocycles. The van der Waals surface area contributed by atoms with Crippen LogP contribution >= 0.6 is 0 Å². The van der Waals surface area contributed by atoms with Crippen molar-refractivity contribution in [2.45, 2.75) is 6.61 Å². The topological polar surface area (TPSA) is 70.8 Å². The van der Waals surface area contributed by atoms with Crippen molar-refractivity contribution in [2.24, 2.45) is 0 Å². The number of hydrogen-bond acceptors (Lipinski definition) is 6. The van der Waals surface area contributed by atoms with E-state index in [2.05, 4.69) is 4.98 Å². The second kappa shape index (κ2) is 7.53. The first kappa shape index (κ1) is 16.6. The van der Waals surface area contributed by atoms with Crippen molar-refractivity contribution in [3.05, 3.63) is 66.2 Å². The number of benzene rings is 2. The maximum Gasteiger partial charge on any atom is 0.346 e. The lowest BCUT2D eigenvalue weighted by atomic mass is 10.2. The highest BCUT2D eigenvalue weighted by atomic mass is 16.5. The highest BCUT2D eigenvalue weighted by Gasteiger charge is 2.20. The lowest BCUT2D eigenvalue weighted by Gasteiger charge is -2.11. The zero-order chi connectivity index (χ0) is 17.6. The third-order valence-electron chi connectivity index (χ3n) is 3.57. The lowest BCUT2D eigenvalue weighted by molar-refractivity contribution is 0.0431. The average Bonchev–Trinajstić information content (AvgIpc) is 3.15. The van der Waals surface area contributed by atoms with Gasteiger partial charge in [0, 0.05) is 5.56 Å². The summed E-state index contributed by atoms with van der Waals surface area (Å²) in [6, 6.07) is 14.6. The molecule has 25 heavy (non-hydrogen) atoms. The van der Waals surface area contributed by atoms with Crippen LogP contribution in [0.5, 0.6) is 11.5 Å². The molecule has 0 fully saturated rings. The Morgan fingerprint density at radius 1 is 1.00 bits per heavy atom. The van der Waals surface area contributed by atoms with Gasteiger partial charge in [-0.2, -0.15) is 0 Å². The molecule has 3 rings (SSSR count). The molecule has 0 bridgehead atoms. The molecule has 0 radical (unpaired) electrons. The second-order valence-corrected chi connectivity index (χ2v) is 5.10. The molecule has 1 heterocycles. The summed E-state index contributed by atoms with van der Waals surface area (Å²) < 4.78 is 21.3. The normalized spacial score (nSPS) is 10.3. The highest BCUT2D eigenvalue weighted by Crippen LogP contribution is 2.29. The van der Waals surface area contributed by atoms with Gasteiger partial charge in [0.05, 0.1) is 20.4 Å². The van der Waals surface area contributed by atoms with Gasteiger partial charge in [-0.25, -0.2) is 9.78 Å². The molecule has 6 nitrogen and oxygen atoms in total. The van der Waals surface area contributed by atoms with Gasteiger partial charge in [-0.05, 0) is 12.1 Å². The molecule has 2 aromatic carbocycles. The zero-order valence-electron chi connectivity index (χ0n) is 13.9. The molecule has 0 N–H and O–H groups in total. The number of methoxy groups -OCH3 is 2. The molecule has 0 amide bonds. The number of aromatic nitrogens is 1. The molecular formula is C19H17NO5. The van der Waals surface area contributed by atoms with E-state index in [-0.39, 0.29) is 12.2 Å². The molecule has 6 heteroatoms. The molecule has 0 aliphatic carbocycles. The van der Waals surface area contributed by atoms with E-state index in [9.17, 15) is 4.79 Å². The SMILES string of the molecule is COc1cccc(OC)c1C(=O)OCc1ncc(-c2ccccc2)o1. The number of carbonyl (C=O) groups excluding carboxylic acids is 1. The van der Waals surface area contributed by atoms with E-state index in [4.69, 9.17) is 18.6 Å². The number of carbonyl (C=O) groups is 1. The molecular weight excluding hydrogens is 322 g/mol. The highest BCUT2D eigenvalue weighted by molar-refractivity contribution is 5.95. The minimum absolute atomic E-state index is 0.0904. The molecule has 0 saturated heterocycles. The molecule has 0 atom stereocenters. The Morgan fingerprint density at radius 3 is 2.32 bits per heavy atom. The Labute approximate surface area is 145 Å².